The summed E-state index contributed by atoms with van der Waals surface area (Å²) >= 11 is 0.956. The van der Waals surface area contributed by atoms with E-state index < -0.39 is 11.7 Å². The van der Waals surface area contributed by atoms with Gasteiger partial charge < -0.3 is 4.98 Å². The van der Waals surface area contributed by atoms with Crippen molar-refractivity contribution in [3.05, 3.63) is 18.0 Å². The summed E-state index contributed by atoms with van der Waals surface area (Å²) in [5.74, 6) is 0. The highest BCUT2D eigenvalue weighted by Crippen LogP contribution is 2.36. The van der Waals surface area contributed by atoms with Crippen molar-refractivity contribution in [3.8, 4) is 0 Å². The van der Waals surface area contributed by atoms with Gasteiger partial charge in [0.05, 0.1) is 17.4 Å². The van der Waals surface area contributed by atoms with Gasteiger partial charge in [0, 0.05) is 0 Å². The normalized spacial score (nSPS) is 12.3. The van der Waals surface area contributed by atoms with Gasteiger partial charge in [-0.15, -0.1) is 11.8 Å². The number of aromatic nitrogens is 3. The third-order valence-electron chi connectivity index (χ3n) is 1.87. The lowest BCUT2D eigenvalue weighted by Gasteiger charge is -2.09. The molecule has 0 saturated heterocycles. The second-order valence-electron chi connectivity index (χ2n) is 2.82. The van der Waals surface area contributed by atoms with E-state index in [1.54, 1.807) is 6.26 Å². The van der Waals surface area contributed by atoms with Crippen LogP contribution >= 0.6 is 11.8 Å². The summed E-state index contributed by atoms with van der Waals surface area (Å²) in [5.41, 5.74) is -0.140. The van der Waals surface area contributed by atoms with E-state index in [2.05, 4.69) is 15.0 Å². The molecule has 80 valence electrons. The molecule has 0 radical (unpaired) electrons. The average molecular weight is 233 g/mol. The van der Waals surface area contributed by atoms with Crippen molar-refractivity contribution >= 4 is 22.9 Å². The zero-order valence-corrected chi connectivity index (χ0v) is 8.41. The van der Waals surface area contributed by atoms with E-state index >= 15 is 0 Å². The number of fused-ring (bicyclic) bond motifs is 1. The molecule has 2 aromatic heterocycles. The molecule has 0 saturated carbocycles. The standard InChI is InChI=1S/C8H6F3N3S/c1-15-7-4(8(9,10)11)2-5-6(14-7)13-3-12-5/h2-3H,1H3,(H,12,13,14). The number of hydrogen-bond acceptors (Lipinski definition) is 3. The van der Waals surface area contributed by atoms with Crippen molar-refractivity contribution in [1.82, 2.24) is 15.0 Å². The minimum absolute atomic E-state index is 0.0536. The maximum atomic E-state index is 12.6. The second kappa shape index (κ2) is 3.41. The van der Waals surface area contributed by atoms with Gasteiger partial charge in [-0.1, -0.05) is 0 Å². The van der Waals surface area contributed by atoms with Crippen molar-refractivity contribution in [1.29, 1.82) is 0 Å². The van der Waals surface area contributed by atoms with Crippen molar-refractivity contribution in [2.45, 2.75) is 11.2 Å². The van der Waals surface area contributed by atoms with E-state index in [-0.39, 0.29) is 5.03 Å². The molecule has 0 aromatic carbocycles. The van der Waals surface area contributed by atoms with Crippen molar-refractivity contribution in [3.63, 3.8) is 0 Å². The number of nitrogens with one attached hydrogen (secondary N) is 1. The first-order chi connectivity index (χ1) is 7.02. The number of hydrogen-bond donors (Lipinski definition) is 1. The number of aromatic amines is 1. The van der Waals surface area contributed by atoms with Crippen LogP contribution in [0.15, 0.2) is 17.4 Å². The van der Waals surface area contributed by atoms with Crippen LogP contribution < -0.4 is 0 Å². The van der Waals surface area contributed by atoms with Crippen LogP contribution in [-0.4, -0.2) is 21.2 Å². The topological polar surface area (TPSA) is 41.6 Å². The predicted molar refractivity (Wildman–Crippen MR) is 50.7 cm³/mol. The summed E-state index contributed by atoms with van der Waals surface area (Å²) in [6, 6.07) is 1.03. The Kier molecular flexibility index (Phi) is 2.34. The Labute approximate surface area is 87.1 Å². The second-order valence-corrected chi connectivity index (χ2v) is 3.61. The van der Waals surface area contributed by atoms with Crippen LogP contribution in [0.1, 0.15) is 5.56 Å². The van der Waals surface area contributed by atoms with E-state index in [1.807, 2.05) is 0 Å². The predicted octanol–water partition coefficient (Wildman–Crippen LogP) is 2.70. The number of imidazole rings is 1. The number of halogens is 3. The minimum Gasteiger partial charge on any atom is -0.343 e. The maximum absolute atomic E-state index is 12.6. The van der Waals surface area contributed by atoms with Gasteiger partial charge in [-0.25, -0.2) is 9.97 Å². The molecular weight excluding hydrogens is 227 g/mol. The Hall–Kier alpha value is -1.24. The first kappa shape index (κ1) is 10.3. The molecule has 7 heteroatoms. The van der Waals surface area contributed by atoms with Crippen LogP contribution in [0.5, 0.6) is 0 Å². The zero-order chi connectivity index (χ0) is 11.1. The van der Waals surface area contributed by atoms with Crippen molar-refractivity contribution in [2.24, 2.45) is 0 Å². The Bertz CT molecular complexity index is 491. The SMILES string of the molecule is CSc1nc2nc[nH]c2cc1C(F)(F)F. The lowest BCUT2D eigenvalue weighted by atomic mass is 10.2. The van der Waals surface area contributed by atoms with Gasteiger partial charge in [0.25, 0.3) is 0 Å². The summed E-state index contributed by atoms with van der Waals surface area (Å²) in [6.07, 6.45) is -1.51. The maximum Gasteiger partial charge on any atom is 0.419 e. The molecule has 3 nitrogen and oxygen atoms in total. The van der Waals surface area contributed by atoms with Gasteiger partial charge in [0.1, 0.15) is 5.03 Å². The van der Waals surface area contributed by atoms with Crippen LogP contribution in [0.3, 0.4) is 0 Å². The monoisotopic (exact) mass is 233 g/mol. The van der Waals surface area contributed by atoms with Crippen molar-refractivity contribution < 1.29 is 13.2 Å². The number of pyridine rings is 1. The summed E-state index contributed by atoms with van der Waals surface area (Å²) in [4.78, 5) is 10.2. The first-order valence-electron chi connectivity index (χ1n) is 3.97. The Morgan fingerprint density at radius 1 is 1.40 bits per heavy atom. The lowest BCUT2D eigenvalue weighted by molar-refractivity contribution is -0.140. The molecule has 0 atom stereocenters. The molecule has 1 N–H and O–H groups in total. The molecule has 0 unspecified atom stereocenters. The van der Waals surface area contributed by atoms with Crippen LogP contribution in [0.4, 0.5) is 13.2 Å². The number of nitrogens with zero attached hydrogens (tertiary/aromatic N) is 2. The smallest absolute Gasteiger partial charge is 0.343 e. The minimum atomic E-state index is -4.38. The lowest BCUT2D eigenvalue weighted by Crippen LogP contribution is -2.08. The summed E-state index contributed by atoms with van der Waals surface area (Å²) in [7, 11) is 0. The van der Waals surface area contributed by atoms with E-state index in [0.29, 0.717) is 11.2 Å². The van der Waals surface area contributed by atoms with E-state index in [1.165, 1.54) is 6.33 Å². The molecule has 2 heterocycles. The number of alkyl halides is 3. The van der Waals surface area contributed by atoms with Crippen LogP contribution in [0.2, 0.25) is 0 Å². The largest absolute Gasteiger partial charge is 0.419 e. The number of thioether (sulfide) groups is 1. The zero-order valence-electron chi connectivity index (χ0n) is 7.59. The average Bonchev–Trinajstić information content (AvgIpc) is 2.60. The van der Waals surface area contributed by atoms with Gasteiger partial charge >= 0.3 is 6.18 Å². The van der Waals surface area contributed by atoms with Crippen LogP contribution in [0.25, 0.3) is 11.2 Å². The van der Waals surface area contributed by atoms with Crippen molar-refractivity contribution in [2.75, 3.05) is 6.26 Å². The molecule has 0 fully saturated rings. The highest BCUT2D eigenvalue weighted by atomic mass is 32.2. The molecular formula is C8H6F3N3S. The van der Waals surface area contributed by atoms with Gasteiger partial charge in [-0.05, 0) is 12.3 Å². The highest BCUT2D eigenvalue weighted by molar-refractivity contribution is 7.98. The van der Waals surface area contributed by atoms with E-state index in [4.69, 9.17) is 0 Å². The first-order valence-corrected chi connectivity index (χ1v) is 5.20. The van der Waals surface area contributed by atoms with Crippen LogP contribution in [0, 0.1) is 0 Å². The van der Waals surface area contributed by atoms with Crippen LogP contribution in [-0.2, 0) is 6.18 Å². The molecule has 15 heavy (non-hydrogen) atoms. The molecule has 0 aliphatic heterocycles. The molecule has 0 aliphatic carbocycles. The summed E-state index contributed by atoms with van der Waals surface area (Å²) in [6.45, 7) is 0. The fourth-order valence-corrected chi connectivity index (χ4v) is 1.79. The molecule has 0 amide bonds. The molecule has 2 aromatic rings. The molecule has 2 rings (SSSR count). The Balaban J connectivity index is 2.70. The third-order valence-corrected chi connectivity index (χ3v) is 2.57. The highest BCUT2D eigenvalue weighted by Gasteiger charge is 2.34. The third kappa shape index (κ3) is 1.79. The quantitative estimate of drug-likeness (QED) is 0.770. The molecule has 0 spiro atoms. The van der Waals surface area contributed by atoms with Gasteiger partial charge in [-0.3, -0.25) is 0 Å². The Morgan fingerprint density at radius 2 is 2.13 bits per heavy atom. The summed E-state index contributed by atoms with van der Waals surface area (Å²) < 4.78 is 37.7. The fraction of sp³-hybridized carbons (Fsp3) is 0.250. The molecule has 0 bridgehead atoms. The number of H-pyrrole nitrogens is 1. The summed E-state index contributed by atoms with van der Waals surface area (Å²) in [5, 5.41) is -0.0536. The number of rotatable bonds is 1. The van der Waals surface area contributed by atoms with Gasteiger partial charge in [0.2, 0.25) is 0 Å². The Morgan fingerprint density at radius 3 is 2.73 bits per heavy atom. The van der Waals surface area contributed by atoms with Gasteiger partial charge in [0.15, 0.2) is 5.65 Å². The van der Waals surface area contributed by atoms with Gasteiger partial charge in [-0.2, -0.15) is 13.2 Å². The molecule has 0 aliphatic rings. The van der Waals surface area contributed by atoms with E-state index in [0.717, 1.165) is 17.8 Å². The van der Waals surface area contributed by atoms with E-state index in [9.17, 15) is 13.2 Å². The fourth-order valence-electron chi connectivity index (χ4n) is 1.21.